The molecule has 1 saturated heterocycles. The molecule has 0 aromatic rings. The van der Waals surface area contributed by atoms with Gasteiger partial charge in [-0.1, -0.05) is 6.92 Å². The van der Waals surface area contributed by atoms with Gasteiger partial charge in [0.2, 0.25) is 0 Å². The number of piperazine rings is 1. The fourth-order valence-electron chi connectivity index (χ4n) is 2.63. The van der Waals surface area contributed by atoms with E-state index in [9.17, 15) is 0 Å². The topological polar surface area (TPSA) is 27.7 Å². The fraction of sp³-hybridized carbons (Fsp3) is 1.00. The van der Waals surface area contributed by atoms with Crippen LogP contribution in [0.5, 0.6) is 0 Å². The summed E-state index contributed by atoms with van der Waals surface area (Å²) in [5.41, 5.74) is 0. The zero-order valence-corrected chi connectivity index (χ0v) is 13.2. The van der Waals surface area contributed by atoms with Gasteiger partial charge in [0.25, 0.3) is 0 Å². The molecular weight excluding hydrogens is 238 g/mol. The molecule has 0 saturated carbocycles. The number of hydrogen-bond donors (Lipinski definition) is 1. The van der Waals surface area contributed by atoms with E-state index in [0.717, 1.165) is 32.7 Å². The number of nitrogens with zero attached hydrogens (tertiary/aromatic N) is 2. The first kappa shape index (κ1) is 16.9. The normalized spacial score (nSPS) is 19.7. The predicted molar refractivity (Wildman–Crippen MR) is 81.7 cm³/mol. The van der Waals surface area contributed by atoms with Crippen LogP contribution in [0.1, 0.15) is 33.6 Å². The Hall–Kier alpha value is -0.160. The molecule has 0 bridgehead atoms. The summed E-state index contributed by atoms with van der Waals surface area (Å²) in [6.45, 7) is 16.7. The lowest BCUT2D eigenvalue weighted by Gasteiger charge is -2.38. The van der Waals surface area contributed by atoms with Gasteiger partial charge in [0, 0.05) is 52.0 Å². The zero-order valence-electron chi connectivity index (χ0n) is 13.2. The van der Waals surface area contributed by atoms with Gasteiger partial charge in [0.05, 0.1) is 0 Å². The highest BCUT2D eigenvalue weighted by Crippen LogP contribution is 2.06. The summed E-state index contributed by atoms with van der Waals surface area (Å²) in [6.07, 6.45) is 2.39. The Labute approximate surface area is 119 Å². The highest BCUT2D eigenvalue weighted by molar-refractivity contribution is 4.77. The van der Waals surface area contributed by atoms with E-state index in [0.29, 0.717) is 6.04 Å². The molecule has 114 valence electrons. The van der Waals surface area contributed by atoms with Crippen molar-refractivity contribution >= 4 is 0 Å². The van der Waals surface area contributed by atoms with Crippen LogP contribution < -0.4 is 5.32 Å². The molecule has 1 aliphatic heterocycles. The maximum atomic E-state index is 5.34. The van der Waals surface area contributed by atoms with Crippen LogP contribution in [0.4, 0.5) is 0 Å². The summed E-state index contributed by atoms with van der Waals surface area (Å²) >= 11 is 0. The summed E-state index contributed by atoms with van der Waals surface area (Å²) in [4.78, 5) is 5.19. The Morgan fingerprint density at radius 2 is 1.89 bits per heavy atom. The van der Waals surface area contributed by atoms with Crippen molar-refractivity contribution in [3.05, 3.63) is 0 Å². The summed E-state index contributed by atoms with van der Waals surface area (Å²) in [5, 5.41) is 3.54. The Balaban J connectivity index is 2.02. The second-order valence-electron chi connectivity index (χ2n) is 5.48. The second-order valence-corrected chi connectivity index (χ2v) is 5.48. The number of rotatable bonds is 10. The first-order valence-electron chi connectivity index (χ1n) is 8.02. The van der Waals surface area contributed by atoms with Crippen molar-refractivity contribution in [2.24, 2.45) is 0 Å². The minimum atomic E-state index is 0.649. The Kier molecular flexibility index (Phi) is 9.43. The van der Waals surface area contributed by atoms with E-state index in [2.05, 4.69) is 29.0 Å². The van der Waals surface area contributed by atoms with Crippen LogP contribution in [0.3, 0.4) is 0 Å². The minimum absolute atomic E-state index is 0.649. The average molecular weight is 271 g/mol. The maximum Gasteiger partial charge on any atom is 0.0477 e. The zero-order chi connectivity index (χ0) is 13.9. The molecule has 0 spiro atoms. The van der Waals surface area contributed by atoms with E-state index in [1.807, 2.05) is 6.92 Å². The van der Waals surface area contributed by atoms with Crippen LogP contribution in [0, 0.1) is 0 Å². The third kappa shape index (κ3) is 7.25. The van der Waals surface area contributed by atoms with Gasteiger partial charge in [-0.2, -0.15) is 0 Å². The molecule has 0 amide bonds. The van der Waals surface area contributed by atoms with Gasteiger partial charge in [-0.15, -0.1) is 0 Å². The van der Waals surface area contributed by atoms with Crippen molar-refractivity contribution in [1.82, 2.24) is 15.1 Å². The fourth-order valence-corrected chi connectivity index (χ4v) is 2.63. The summed E-state index contributed by atoms with van der Waals surface area (Å²) in [7, 11) is 0. The lowest BCUT2D eigenvalue weighted by atomic mass is 10.2. The molecule has 0 aliphatic carbocycles. The van der Waals surface area contributed by atoms with Crippen LogP contribution in [0.15, 0.2) is 0 Å². The van der Waals surface area contributed by atoms with E-state index in [1.165, 1.54) is 39.1 Å². The Morgan fingerprint density at radius 3 is 2.53 bits per heavy atom. The van der Waals surface area contributed by atoms with Gasteiger partial charge < -0.3 is 15.0 Å². The van der Waals surface area contributed by atoms with E-state index >= 15 is 0 Å². The highest BCUT2D eigenvalue weighted by Gasteiger charge is 2.19. The van der Waals surface area contributed by atoms with Gasteiger partial charge >= 0.3 is 0 Å². The number of hydrogen-bond acceptors (Lipinski definition) is 4. The summed E-state index contributed by atoms with van der Waals surface area (Å²) in [6, 6.07) is 0.649. The molecular formula is C15H33N3O. The molecule has 1 atom stereocenters. The van der Waals surface area contributed by atoms with E-state index in [4.69, 9.17) is 4.74 Å². The van der Waals surface area contributed by atoms with Crippen molar-refractivity contribution in [2.45, 2.75) is 39.7 Å². The monoisotopic (exact) mass is 271 g/mol. The maximum absolute atomic E-state index is 5.34. The van der Waals surface area contributed by atoms with Gasteiger partial charge in [-0.25, -0.2) is 0 Å². The summed E-state index contributed by atoms with van der Waals surface area (Å²) in [5.74, 6) is 0. The van der Waals surface area contributed by atoms with Gasteiger partial charge in [0.15, 0.2) is 0 Å². The third-order valence-corrected chi connectivity index (χ3v) is 3.86. The molecule has 1 N–H and O–H groups in total. The molecule has 0 aromatic heterocycles. The number of nitrogens with one attached hydrogen (secondary N) is 1. The molecule has 0 radical (unpaired) electrons. The molecule has 1 unspecified atom stereocenters. The minimum Gasteiger partial charge on any atom is -0.382 e. The van der Waals surface area contributed by atoms with Crippen LogP contribution in [0.25, 0.3) is 0 Å². The first-order chi connectivity index (χ1) is 9.27. The van der Waals surface area contributed by atoms with Gasteiger partial charge in [0.1, 0.15) is 0 Å². The molecule has 19 heavy (non-hydrogen) atoms. The van der Waals surface area contributed by atoms with E-state index in [1.54, 1.807) is 0 Å². The third-order valence-electron chi connectivity index (χ3n) is 3.86. The van der Waals surface area contributed by atoms with Crippen molar-refractivity contribution in [3.8, 4) is 0 Å². The molecule has 1 heterocycles. The van der Waals surface area contributed by atoms with Crippen LogP contribution in [-0.4, -0.2) is 74.9 Å². The molecule has 4 heteroatoms. The average Bonchev–Trinajstić information content (AvgIpc) is 2.43. The number of ether oxygens (including phenoxy) is 1. The Morgan fingerprint density at radius 1 is 1.16 bits per heavy atom. The molecule has 1 aliphatic rings. The van der Waals surface area contributed by atoms with Gasteiger partial charge in [-0.05, 0) is 39.8 Å². The molecule has 1 fully saturated rings. The molecule has 4 nitrogen and oxygen atoms in total. The van der Waals surface area contributed by atoms with Crippen molar-refractivity contribution in [1.29, 1.82) is 0 Å². The SMILES string of the molecule is CCCN1CCN(C(C)CNCCCOCC)CC1. The quantitative estimate of drug-likeness (QED) is 0.608. The lowest BCUT2D eigenvalue weighted by Crippen LogP contribution is -2.52. The first-order valence-corrected chi connectivity index (χ1v) is 8.02. The standard InChI is InChI=1S/C15H33N3O/c1-4-8-17-9-11-18(12-10-17)15(3)14-16-7-6-13-19-5-2/h15-16H,4-14H2,1-3H3. The predicted octanol–water partition coefficient (Wildman–Crippen LogP) is 1.42. The molecule has 0 aromatic carbocycles. The van der Waals surface area contributed by atoms with Crippen molar-refractivity contribution in [2.75, 3.05) is 59.0 Å². The highest BCUT2D eigenvalue weighted by atomic mass is 16.5. The smallest absolute Gasteiger partial charge is 0.0477 e. The van der Waals surface area contributed by atoms with E-state index < -0.39 is 0 Å². The van der Waals surface area contributed by atoms with Crippen LogP contribution in [-0.2, 0) is 4.74 Å². The lowest BCUT2D eigenvalue weighted by molar-refractivity contribution is 0.101. The van der Waals surface area contributed by atoms with Crippen molar-refractivity contribution in [3.63, 3.8) is 0 Å². The largest absolute Gasteiger partial charge is 0.382 e. The van der Waals surface area contributed by atoms with Crippen molar-refractivity contribution < 1.29 is 4.74 Å². The van der Waals surface area contributed by atoms with Gasteiger partial charge in [-0.3, -0.25) is 4.90 Å². The van der Waals surface area contributed by atoms with Crippen LogP contribution >= 0.6 is 0 Å². The Bertz CT molecular complexity index is 206. The van der Waals surface area contributed by atoms with E-state index in [-0.39, 0.29) is 0 Å². The molecule has 1 rings (SSSR count). The second kappa shape index (κ2) is 10.6. The van der Waals surface area contributed by atoms with Crippen LogP contribution in [0.2, 0.25) is 0 Å². The summed E-state index contributed by atoms with van der Waals surface area (Å²) < 4.78 is 5.34.